The van der Waals surface area contributed by atoms with E-state index >= 15 is 0 Å². The van der Waals surface area contributed by atoms with E-state index in [4.69, 9.17) is 17.0 Å². The maximum Gasteiger partial charge on any atom is 0.170 e. The van der Waals surface area contributed by atoms with Gasteiger partial charge in [-0.05, 0) is 74.1 Å². The molecular weight excluding hydrogens is 442 g/mol. The van der Waals surface area contributed by atoms with Gasteiger partial charge in [0.05, 0.1) is 37.1 Å². The number of nitrogens with zero attached hydrogens (tertiary/aromatic N) is 4. The largest absolute Gasteiger partial charge is 0.497 e. The van der Waals surface area contributed by atoms with Crippen LogP contribution in [0, 0.1) is 13.8 Å². The number of pyridine rings is 2. The first kappa shape index (κ1) is 22.1. The topological polar surface area (TPSA) is 55.2 Å². The Labute approximate surface area is 205 Å². The van der Waals surface area contributed by atoms with E-state index in [1.54, 1.807) is 7.11 Å². The molecule has 1 saturated heterocycles. The molecule has 3 aromatic heterocycles. The van der Waals surface area contributed by atoms with E-state index in [2.05, 4.69) is 62.9 Å². The highest BCUT2D eigenvalue weighted by Crippen LogP contribution is 2.42. The molecule has 0 saturated carbocycles. The third kappa shape index (κ3) is 4.03. The van der Waals surface area contributed by atoms with Crippen LogP contribution in [0.4, 0.5) is 0 Å². The molecule has 1 aliphatic heterocycles. The van der Waals surface area contributed by atoms with Crippen molar-refractivity contribution in [2.45, 2.75) is 32.5 Å². The predicted octanol–water partition coefficient (Wildman–Crippen LogP) is 5.07. The number of hydrogen-bond donors (Lipinski definition) is 1. The van der Waals surface area contributed by atoms with Gasteiger partial charge in [0.25, 0.3) is 0 Å². The Morgan fingerprint density at radius 1 is 0.971 bits per heavy atom. The summed E-state index contributed by atoms with van der Waals surface area (Å²) < 4.78 is 7.74. The van der Waals surface area contributed by atoms with Crippen molar-refractivity contribution in [3.8, 4) is 11.4 Å². The fourth-order valence-electron chi connectivity index (χ4n) is 4.81. The minimum absolute atomic E-state index is 0.0324. The normalized spacial score (nSPS) is 17.6. The molecular formula is C27H27N5OS. The third-order valence-corrected chi connectivity index (χ3v) is 6.71. The summed E-state index contributed by atoms with van der Waals surface area (Å²) in [6, 6.07) is 22.3. The Morgan fingerprint density at radius 2 is 1.76 bits per heavy atom. The van der Waals surface area contributed by atoms with Crippen LogP contribution in [-0.2, 0) is 6.54 Å². The maximum absolute atomic E-state index is 5.84. The summed E-state index contributed by atoms with van der Waals surface area (Å²) in [4.78, 5) is 11.4. The van der Waals surface area contributed by atoms with Gasteiger partial charge in [0.1, 0.15) is 5.75 Å². The second kappa shape index (κ2) is 9.27. The summed E-state index contributed by atoms with van der Waals surface area (Å²) in [6.07, 6.45) is 3.65. The second-order valence-corrected chi connectivity index (χ2v) is 8.83. The first-order valence-corrected chi connectivity index (χ1v) is 11.7. The van der Waals surface area contributed by atoms with E-state index in [-0.39, 0.29) is 12.1 Å². The fourth-order valence-corrected chi connectivity index (χ4v) is 5.12. The number of hydrogen-bond acceptors (Lipinski definition) is 4. The molecule has 2 unspecified atom stereocenters. The standard InChI is InChI=1S/C27H27N5OS/c1-18-15-23(19(2)32(18)21-10-8-11-22(16-21)33-3)26-25(24-12-5-7-14-29-24)30-27(34)31(26)17-20-9-4-6-13-28-20/h4-16,25-26H,17H2,1-3H3,(H,30,34). The molecule has 0 amide bonds. The molecule has 0 aliphatic carbocycles. The van der Waals surface area contributed by atoms with Crippen molar-refractivity contribution in [2.75, 3.05) is 7.11 Å². The van der Waals surface area contributed by atoms with Crippen molar-refractivity contribution in [3.05, 3.63) is 107 Å². The summed E-state index contributed by atoms with van der Waals surface area (Å²) in [6.45, 7) is 4.91. The lowest BCUT2D eigenvalue weighted by Crippen LogP contribution is -2.29. The zero-order chi connectivity index (χ0) is 23.7. The Kier molecular flexibility index (Phi) is 6.02. The molecule has 6 nitrogen and oxygen atoms in total. The number of benzene rings is 1. The van der Waals surface area contributed by atoms with Crippen LogP contribution in [0.5, 0.6) is 5.75 Å². The fraction of sp³-hybridized carbons (Fsp3) is 0.222. The number of nitrogens with one attached hydrogen (secondary N) is 1. The van der Waals surface area contributed by atoms with Crippen molar-refractivity contribution in [3.63, 3.8) is 0 Å². The quantitative estimate of drug-likeness (QED) is 0.398. The lowest BCUT2D eigenvalue weighted by molar-refractivity contribution is 0.307. The highest BCUT2D eigenvalue weighted by molar-refractivity contribution is 7.80. The van der Waals surface area contributed by atoms with Gasteiger partial charge >= 0.3 is 0 Å². The van der Waals surface area contributed by atoms with E-state index < -0.39 is 0 Å². The minimum atomic E-state index is -0.0725. The Balaban J connectivity index is 1.62. The first-order valence-electron chi connectivity index (χ1n) is 11.3. The average Bonchev–Trinajstić information content (AvgIpc) is 3.35. The van der Waals surface area contributed by atoms with Crippen LogP contribution in [-0.4, -0.2) is 31.7 Å². The lowest BCUT2D eigenvalue weighted by Gasteiger charge is -2.28. The Morgan fingerprint density at radius 3 is 2.47 bits per heavy atom. The van der Waals surface area contributed by atoms with E-state index in [9.17, 15) is 0 Å². The molecule has 0 radical (unpaired) electrons. The van der Waals surface area contributed by atoms with Crippen LogP contribution in [0.25, 0.3) is 5.69 Å². The molecule has 0 spiro atoms. The first-order chi connectivity index (χ1) is 16.6. The molecule has 1 aromatic carbocycles. The van der Waals surface area contributed by atoms with E-state index in [0.717, 1.165) is 34.2 Å². The summed E-state index contributed by atoms with van der Waals surface area (Å²) in [5.41, 5.74) is 6.52. The number of rotatable bonds is 6. The number of aryl methyl sites for hydroxylation is 1. The van der Waals surface area contributed by atoms with Gasteiger partial charge in [0.2, 0.25) is 0 Å². The SMILES string of the molecule is COc1cccc(-n2c(C)cc(C3C(c4ccccn4)NC(=S)N3Cc3ccccn3)c2C)c1. The average molecular weight is 470 g/mol. The molecule has 5 rings (SSSR count). The van der Waals surface area contributed by atoms with Crippen LogP contribution in [0.2, 0.25) is 0 Å². The number of aromatic nitrogens is 3. The molecule has 4 aromatic rings. The van der Waals surface area contributed by atoms with Gasteiger partial charge in [-0.1, -0.05) is 18.2 Å². The zero-order valence-corrected chi connectivity index (χ0v) is 20.3. The monoisotopic (exact) mass is 469 g/mol. The third-order valence-electron chi connectivity index (χ3n) is 6.36. The van der Waals surface area contributed by atoms with E-state index in [1.165, 1.54) is 5.56 Å². The predicted molar refractivity (Wildman–Crippen MR) is 137 cm³/mol. The van der Waals surface area contributed by atoms with Crippen LogP contribution >= 0.6 is 12.2 Å². The molecule has 34 heavy (non-hydrogen) atoms. The van der Waals surface area contributed by atoms with E-state index in [1.807, 2.05) is 54.9 Å². The Hall–Kier alpha value is -3.71. The summed E-state index contributed by atoms with van der Waals surface area (Å²) in [5, 5.41) is 4.25. The van der Waals surface area contributed by atoms with Crippen molar-refractivity contribution in [2.24, 2.45) is 0 Å². The van der Waals surface area contributed by atoms with Crippen LogP contribution in [0.3, 0.4) is 0 Å². The van der Waals surface area contributed by atoms with Crippen LogP contribution in [0.15, 0.2) is 79.1 Å². The highest BCUT2D eigenvalue weighted by Gasteiger charge is 2.41. The van der Waals surface area contributed by atoms with Gasteiger partial charge < -0.3 is 19.5 Å². The van der Waals surface area contributed by atoms with Crippen molar-refractivity contribution < 1.29 is 4.74 Å². The zero-order valence-electron chi connectivity index (χ0n) is 19.5. The molecule has 2 atom stereocenters. The second-order valence-electron chi connectivity index (χ2n) is 8.44. The van der Waals surface area contributed by atoms with Gasteiger partial charge in [-0.15, -0.1) is 0 Å². The van der Waals surface area contributed by atoms with Crippen molar-refractivity contribution in [1.29, 1.82) is 0 Å². The van der Waals surface area contributed by atoms with Crippen LogP contribution in [0.1, 0.15) is 40.4 Å². The molecule has 0 bridgehead atoms. The van der Waals surface area contributed by atoms with Crippen molar-refractivity contribution in [1.82, 2.24) is 24.8 Å². The highest BCUT2D eigenvalue weighted by atomic mass is 32.1. The number of ether oxygens (including phenoxy) is 1. The summed E-state index contributed by atoms with van der Waals surface area (Å²) >= 11 is 5.84. The van der Waals surface area contributed by atoms with Crippen LogP contribution < -0.4 is 10.1 Å². The maximum atomic E-state index is 5.84. The lowest BCUT2D eigenvalue weighted by atomic mass is 9.96. The number of methoxy groups -OCH3 is 1. The Bertz CT molecular complexity index is 1310. The smallest absolute Gasteiger partial charge is 0.170 e. The molecule has 1 aliphatic rings. The molecule has 172 valence electrons. The number of thiocarbonyl (C=S) groups is 1. The van der Waals surface area contributed by atoms with Gasteiger partial charge in [-0.3, -0.25) is 9.97 Å². The minimum Gasteiger partial charge on any atom is -0.497 e. The molecule has 7 heteroatoms. The van der Waals surface area contributed by atoms with Gasteiger partial charge in [0.15, 0.2) is 5.11 Å². The molecule has 4 heterocycles. The van der Waals surface area contributed by atoms with Crippen molar-refractivity contribution >= 4 is 17.3 Å². The molecule has 1 N–H and O–H groups in total. The van der Waals surface area contributed by atoms with E-state index in [0.29, 0.717) is 11.7 Å². The summed E-state index contributed by atoms with van der Waals surface area (Å²) in [7, 11) is 1.69. The van der Waals surface area contributed by atoms with Gasteiger partial charge in [-0.25, -0.2) is 0 Å². The summed E-state index contributed by atoms with van der Waals surface area (Å²) in [5.74, 6) is 0.832. The van der Waals surface area contributed by atoms with Gasteiger partial charge in [-0.2, -0.15) is 0 Å². The van der Waals surface area contributed by atoms with Gasteiger partial charge in [0, 0.05) is 35.5 Å². The molecule has 1 fully saturated rings.